The minimum atomic E-state index is -0.301. The molecule has 0 unspecified atom stereocenters. The molecule has 138 valence electrons. The number of nitrogens with zero attached hydrogens (tertiary/aromatic N) is 1. The Morgan fingerprint density at radius 2 is 1.18 bits per heavy atom. The molecule has 2 aromatic heterocycles. The van der Waals surface area contributed by atoms with E-state index in [4.69, 9.17) is 0 Å². The zero-order valence-electron chi connectivity index (χ0n) is 14.6. The van der Waals surface area contributed by atoms with E-state index in [0.717, 1.165) is 41.9 Å². The lowest BCUT2D eigenvalue weighted by atomic mass is 9.95. The molecule has 7 heteroatoms. The summed E-state index contributed by atoms with van der Waals surface area (Å²) in [6, 6.07) is 11.7. The normalized spacial score (nSPS) is 14.9. The monoisotopic (exact) mass is 497 g/mol. The van der Waals surface area contributed by atoms with Crippen LogP contribution in [0.15, 0.2) is 57.7 Å². The topological polar surface area (TPSA) is 69.0 Å². The quantitative estimate of drug-likeness (QED) is 0.378. The lowest BCUT2D eigenvalue weighted by Gasteiger charge is -2.06. The van der Waals surface area contributed by atoms with Gasteiger partial charge in [-0.3, -0.25) is 14.5 Å². The van der Waals surface area contributed by atoms with Crippen LogP contribution in [0.3, 0.4) is 0 Å². The molecule has 2 amide bonds. The fourth-order valence-electron chi connectivity index (χ4n) is 3.74. The van der Waals surface area contributed by atoms with Gasteiger partial charge in [-0.2, -0.15) is 0 Å². The molecule has 5 rings (SSSR count). The summed E-state index contributed by atoms with van der Waals surface area (Å²) in [6.45, 7) is 0. The Morgan fingerprint density at radius 1 is 0.750 bits per heavy atom. The lowest BCUT2D eigenvalue weighted by molar-refractivity contribution is -0.134. The van der Waals surface area contributed by atoms with E-state index < -0.39 is 0 Å². The van der Waals surface area contributed by atoms with E-state index in [0.29, 0.717) is 11.1 Å². The van der Waals surface area contributed by atoms with Gasteiger partial charge in [-0.25, -0.2) is 0 Å². The Morgan fingerprint density at radius 3 is 1.61 bits per heavy atom. The van der Waals surface area contributed by atoms with E-state index in [9.17, 15) is 9.59 Å². The van der Waals surface area contributed by atoms with Crippen molar-refractivity contribution in [3.8, 4) is 0 Å². The van der Waals surface area contributed by atoms with Crippen molar-refractivity contribution in [1.82, 2.24) is 14.9 Å². The molecular weight excluding hydrogens is 486 g/mol. The van der Waals surface area contributed by atoms with Gasteiger partial charge in [0.15, 0.2) is 0 Å². The number of carbonyl (C=O) groups excluding carboxylic acids is 2. The molecule has 0 fully saturated rings. The summed E-state index contributed by atoms with van der Waals surface area (Å²) in [4.78, 5) is 33.7. The first-order valence-electron chi connectivity index (χ1n) is 8.56. The van der Waals surface area contributed by atoms with Gasteiger partial charge >= 0.3 is 0 Å². The maximum atomic E-state index is 13.1. The highest BCUT2D eigenvalue weighted by atomic mass is 79.9. The molecule has 0 bridgehead atoms. The van der Waals surface area contributed by atoms with Crippen molar-refractivity contribution in [3.63, 3.8) is 0 Å². The number of amides is 2. The third-order valence-electron chi connectivity index (χ3n) is 5.11. The van der Waals surface area contributed by atoms with Crippen LogP contribution < -0.4 is 0 Å². The van der Waals surface area contributed by atoms with Crippen molar-refractivity contribution in [2.75, 3.05) is 7.05 Å². The van der Waals surface area contributed by atoms with Gasteiger partial charge < -0.3 is 9.97 Å². The minimum absolute atomic E-state index is 0.301. The van der Waals surface area contributed by atoms with E-state index >= 15 is 0 Å². The Bertz CT molecular complexity index is 1240. The summed E-state index contributed by atoms with van der Waals surface area (Å²) < 4.78 is 1.81. The van der Waals surface area contributed by atoms with Crippen molar-refractivity contribution in [2.24, 2.45) is 0 Å². The number of fused-ring (bicyclic) bond motifs is 2. The molecule has 0 atom stereocenters. The van der Waals surface area contributed by atoms with Gasteiger partial charge in [0.25, 0.3) is 11.8 Å². The largest absolute Gasteiger partial charge is 0.361 e. The van der Waals surface area contributed by atoms with Crippen LogP contribution in [0.5, 0.6) is 0 Å². The predicted molar refractivity (Wildman–Crippen MR) is 117 cm³/mol. The molecule has 0 radical (unpaired) electrons. The first kappa shape index (κ1) is 17.5. The molecule has 0 saturated heterocycles. The standard InChI is InChI=1S/C21H13Br2N3O2/c1-26-20(27)18(14-8-24-16-4-2-10(22)6-12(14)16)19(21(26)28)15-9-25-17-5-3-11(23)7-13(15)17/h2-9,24-25H,1H3. The third kappa shape index (κ3) is 2.43. The molecule has 0 saturated carbocycles. The van der Waals surface area contributed by atoms with E-state index in [1.54, 1.807) is 12.4 Å². The van der Waals surface area contributed by atoms with Gasteiger partial charge in [0, 0.05) is 61.3 Å². The van der Waals surface area contributed by atoms with E-state index in [1.807, 2.05) is 36.4 Å². The number of carbonyl (C=O) groups is 2. The van der Waals surface area contributed by atoms with Gasteiger partial charge in [-0.15, -0.1) is 0 Å². The number of rotatable bonds is 2. The maximum absolute atomic E-state index is 13.1. The molecule has 3 heterocycles. The van der Waals surface area contributed by atoms with Gasteiger partial charge in [-0.05, 0) is 36.4 Å². The molecule has 0 aliphatic carbocycles. The summed E-state index contributed by atoms with van der Waals surface area (Å²) in [7, 11) is 1.52. The number of aromatic nitrogens is 2. The summed E-state index contributed by atoms with van der Waals surface area (Å²) in [5, 5.41) is 1.78. The number of H-pyrrole nitrogens is 2. The second-order valence-corrected chi connectivity index (χ2v) is 8.54. The Hall–Kier alpha value is -2.64. The molecule has 5 nitrogen and oxygen atoms in total. The number of hydrogen-bond acceptors (Lipinski definition) is 2. The van der Waals surface area contributed by atoms with Crippen molar-refractivity contribution >= 4 is 76.6 Å². The second kappa shape index (κ2) is 6.18. The summed E-state index contributed by atoms with van der Waals surface area (Å²) >= 11 is 6.98. The van der Waals surface area contributed by atoms with Crippen LogP contribution in [0, 0.1) is 0 Å². The summed E-state index contributed by atoms with van der Waals surface area (Å²) in [5.74, 6) is -0.601. The molecule has 28 heavy (non-hydrogen) atoms. The highest BCUT2D eigenvalue weighted by molar-refractivity contribution is 9.10. The van der Waals surface area contributed by atoms with Crippen LogP contribution in [0.4, 0.5) is 0 Å². The average molecular weight is 499 g/mol. The number of benzene rings is 2. The van der Waals surface area contributed by atoms with E-state index in [2.05, 4.69) is 41.8 Å². The van der Waals surface area contributed by atoms with Gasteiger partial charge in [0.1, 0.15) is 0 Å². The van der Waals surface area contributed by atoms with Crippen molar-refractivity contribution in [1.29, 1.82) is 0 Å². The minimum Gasteiger partial charge on any atom is -0.361 e. The molecule has 2 N–H and O–H groups in total. The zero-order valence-corrected chi connectivity index (χ0v) is 17.8. The average Bonchev–Trinajstić information content (AvgIpc) is 3.32. The SMILES string of the molecule is CN1C(=O)C(c2c[nH]c3ccc(Br)cc23)=C(c2c[nH]c3ccc(Br)cc23)C1=O. The van der Waals surface area contributed by atoms with Gasteiger partial charge in [0.2, 0.25) is 0 Å². The van der Waals surface area contributed by atoms with Crippen LogP contribution in [0.1, 0.15) is 11.1 Å². The zero-order chi connectivity index (χ0) is 19.6. The molecule has 2 aromatic carbocycles. The molecule has 1 aliphatic heterocycles. The Kier molecular flexibility index (Phi) is 3.86. The second-order valence-electron chi connectivity index (χ2n) is 6.70. The summed E-state index contributed by atoms with van der Waals surface area (Å²) in [5.41, 5.74) is 4.08. The van der Waals surface area contributed by atoms with Crippen molar-refractivity contribution in [3.05, 3.63) is 68.9 Å². The fourth-order valence-corrected chi connectivity index (χ4v) is 4.46. The highest BCUT2D eigenvalue weighted by Crippen LogP contribution is 2.40. The number of likely N-dealkylation sites (N-methyl/N-ethyl adjacent to an activating group) is 1. The first-order valence-corrected chi connectivity index (χ1v) is 10.1. The van der Waals surface area contributed by atoms with Gasteiger partial charge in [0.05, 0.1) is 11.1 Å². The highest BCUT2D eigenvalue weighted by Gasteiger charge is 2.39. The molecule has 0 spiro atoms. The number of aromatic amines is 2. The van der Waals surface area contributed by atoms with Crippen LogP contribution >= 0.6 is 31.9 Å². The lowest BCUT2D eigenvalue weighted by Crippen LogP contribution is -2.26. The van der Waals surface area contributed by atoms with Crippen LogP contribution in [0.2, 0.25) is 0 Å². The summed E-state index contributed by atoms with van der Waals surface area (Å²) in [6.07, 6.45) is 3.59. The van der Waals surface area contributed by atoms with Gasteiger partial charge in [-0.1, -0.05) is 31.9 Å². The smallest absolute Gasteiger partial charge is 0.261 e. The maximum Gasteiger partial charge on any atom is 0.261 e. The van der Waals surface area contributed by atoms with Crippen molar-refractivity contribution in [2.45, 2.75) is 0 Å². The predicted octanol–water partition coefficient (Wildman–Crippen LogP) is 5.08. The van der Waals surface area contributed by atoms with Crippen LogP contribution in [-0.2, 0) is 9.59 Å². The fraction of sp³-hybridized carbons (Fsp3) is 0.0476. The molecule has 1 aliphatic rings. The van der Waals surface area contributed by atoms with Crippen molar-refractivity contribution < 1.29 is 9.59 Å². The third-order valence-corrected chi connectivity index (χ3v) is 6.10. The molecular formula is C21H13Br2N3O2. The van der Waals surface area contributed by atoms with E-state index in [1.165, 1.54) is 11.9 Å². The number of imide groups is 1. The Labute approximate surface area is 176 Å². The number of nitrogens with one attached hydrogen (secondary N) is 2. The van der Waals surface area contributed by atoms with Crippen LogP contribution in [0.25, 0.3) is 33.0 Å². The first-order chi connectivity index (χ1) is 13.5. The number of hydrogen-bond donors (Lipinski definition) is 2. The number of halogens is 2. The van der Waals surface area contributed by atoms with E-state index in [-0.39, 0.29) is 11.8 Å². The van der Waals surface area contributed by atoms with Crippen LogP contribution in [-0.4, -0.2) is 33.7 Å². The molecule has 4 aromatic rings. The Balaban J connectivity index is 1.86.